The predicted molar refractivity (Wildman–Crippen MR) is 99.6 cm³/mol. The molecule has 0 amide bonds. The van der Waals surface area contributed by atoms with Gasteiger partial charge in [-0.05, 0) is 43.9 Å². The molecular weight excluding hydrogens is 341 g/mol. The standard InChI is InChI=1S/C18H32NO5P/c1-3-4-5-6-7-14-23-17-10-8-16(9-11-17)12-13-18(2,19)15-24-25(20,21)22/h8-11H,3-7,12-15,19H2,1-2H3,(H2,20,21,22)/t18-/m0/s1. The van der Waals surface area contributed by atoms with Crippen LogP contribution in [0.25, 0.3) is 0 Å². The van der Waals surface area contributed by atoms with Crippen LogP contribution in [0.4, 0.5) is 0 Å². The van der Waals surface area contributed by atoms with Crippen LogP contribution in [-0.2, 0) is 15.5 Å². The third-order valence-electron chi connectivity index (χ3n) is 3.99. The Morgan fingerprint density at radius 3 is 2.36 bits per heavy atom. The van der Waals surface area contributed by atoms with Crippen molar-refractivity contribution in [2.75, 3.05) is 13.2 Å². The third kappa shape index (κ3) is 11.3. The van der Waals surface area contributed by atoms with Crippen molar-refractivity contribution in [3.05, 3.63) is 29.8 Å². The minimum absolute atomic E-state index is 0.184. The van der Waals surface area contributed by atoms with E-state index in [1.165, 1.54) is 25.7 Å². The van der Waals surface area contributed by atoms with Gasteiger partial charge in [0.15, 0.2) is 0 Å². The monoisotopic (exact) mass is 373 g/mol. The summed E-state index contributed by atoms with van der Waals surface area (Å²) in [5.74, 6) is 0.861. The van der Waals surface area contributed by atoms with Gasteiger partial charge in [-0.1, -0.05) is 44.7 Å². The van der Waals surface area contributed by atoms with Gasteiger partial charge in [0.05, 0.1) is 13.2 Å². The zero-order chi connectivity index (χ0) is 18.8. The number of benzene rings is 1. The van der Waals surface area contributed by atoms with Gasteiger partial charge >= 0.3 is 7.82 Å². The normalized spacial score (nSPS) is 14.3. The molecule has 0 aliphatic heterocycles. The highest BCUT2D eigenvalue weighted by atomic mass is 31.2. The van der Waals surface area contributed by atoms with Gasteiger partial charge in [-0.3, -0.25) is 4.52 Å². The number of phosphoric acid groups is 1. The summed E-state index contributed by atoms with van der Waals surface area (Å²) in [6.07, 6.45) is 7.34. The molecule has 1 aromatic rings. The quantitative estimate of drug-likeness (QED) is 0.359. The second-order valence-corrected chi connectivity index (χ2v) is 8.06. The lowest BCUT2D eigenvalue weighted by Crippen LogP contribution is -2.41. The number of hydrogen-bond acceptors (Lipinski definition) is 4. The molecule has 144 valence electrons. The predicted octanol–water partition coefficient (Wildman–Crippen LogP) is 3.80. The molecule has 6 nitrogen and oxygen atoms in total. The van der Waals surface area contributed by atoms with Crippen molar-refractivity contribution in [1.82, 2.24) is 0 Å². The molecule has 0 aliphatic rings. The molecule has 0 unspecified atom stereocenters. The van der Waals surface area contributed by atoms with Crippen LogP contribution >= 0.6 is 7.82 Å². The maximum atomic E-state index is 10.8. The van der Waals surface area contributed by atoms with Gasteiger partial charge in [0.2, 0.25) is 0 Å². The average molecular weight is 373 g/mol. The van der Waals surface area contributed by atoms with Crippen LogP contribution < -0.4 is 10.5 Å². The highest BCUT2D eigenvalue weighted by molar-refractivity contribution is 7.46. The van der Waals surface area contributed by atoms with E-state index >= 15 is 0 Å². The summed E-state index contributed by atoms with van der Waals surface area (Å²) in [6.45, 7) is 4.48. The van der Waals surface area contributed by atoms with Gasteiger partial charge in [0, 0.05) is 5.54 Å². The lowest BCUT2D eigenvalue weighted by molar-refractivity contribution is 0.154. The van der Waals surface area contributed by atoms with Crippen LogP contribution in [0.2, 0.25) is 0 Å². The van der Waals surface area contributed by atoms with E-state index in [-0.39, 0.29) is 6.61 Å². The molecule has 0 saturated carbocycles. The van der Waals surface area contributed by atoms with Crippen LogP contribution in [0.15, 0.2) is 24.3 Å². The molecule has 0 heterocycles. The number of ether oxygens (including phenoxy) is 1. The van der Waals surface area contributed by atoms with E-state index < -0.39 is 13.4 Å². The molecule has 0 bridgehead atoms. The fourth-order valence-electron chi connectivity index (χ4n) is 2.38. The van der Waals surface area contributed by atoms with Crippen molar-refractivity contribution in [2.24, 2.45) is 5.73 Å². The number of nitrogens with two attached hydrogens (primary N) is 1. The Morgan fingerprint density at radius 2 is 1.76 bits per heavy atom. The summed E-state index contributed by atoms with van der Waals surface area (Å²) in [5.41, 5.74) is 6.33. The van der Waals surface area contributed by atoms with Gasteiger partial charge in [0.25, 0.3) is 0 Å². The minimum Gasteiger partial charge on any atom is -0.494 e. The number of unbranched alkanes of at least 4 members (excludes halogenated alkanes) is 4. The number of rotatable bonds is 13. The first-order valence-corrected chi connectivity index (χ1v) is 10.5. The van der Waals surface area contributed by atoms with Gasteiger partial charge in [-0.15, -0.1) is 0 Å². The van der Waals surface area contributed by atoms with E-state index in [1.54, 1.807) is 6.92 Å². The Hall–Kier alpha value is -0.910. The molecule has 1 atom stereocenters. The fraction of sp³-hybridized carbons (Fsp3) is 0.667. The van der Waals surface area contributed by atoms with Crippen molar-refractivity contribution in [1.29, 1.82) is 0 Å². The topological polar surface area (TPSA) is 102 Å². The van der Waals surface area contributed by atoms with Crippen molar-refractivity contribution >= 4 is 7.82 Å². The van der Waals surface area contributed by atoms with Gasteiger partial charge in [-0.25, -0.2) is 4.57 Å². The van der Waals surface area contributed by atoms with Crippen molar-refractivity contribution in [2.45, 2.75) is 64.3 Å². The SMILES string of the molecule is CCCCCCCOc1ccc(CC[C@](C)(N)COP(=O)(O)O)cc1. The van der Waals surface area contributed by atoms with Gasteiger partial charge in [-0.2, -0.15) is 0 Å². The number of aryl methyl sites for hydroxylation is 1. The van der Waals surface area contributed by atoms with Gasteiger partial charge < -0.3 is 20.3 Å². The Labute approximate surface area is 151 Å². The Balaban J connectivity index is 2.30. The Bertz CT molecular complexity index is 527. The highest BCUT2D eigenvalue weighted by Gasteiger charge is 2.24. The summed E-state index contributed by atoms with van der Waals surface area (Å²) in [6, 6.07) is 7.88. The lowest BCUT2D eigenvalue weighted by atomic mass is 9.95. The van der Waals surface area contributed by atoms with Crippen LogP contribution in [0.5, 0.6) is 5.75 Å². The summed E-state index contributed by atoms with van der Waals surface area (Å²) < 4.78 is 21.0. The third-order valence-corrected chi connectivity index (χ3v) is 4.45. The second-order valence-electron chi connectivity index (χ2n) is 6.82. The van der Waals surface area contributed by atoms with Crippen molar-refractivity contribution < 1.29 is 23.6 Å². The van der Waals surface area contributed by atoms with Crippen molar-refractivity contribution in [3.63, 3.8) is 0 Å². The summed E-state index contributed by atoms with van der Waals surface area (Å²) >= 11 is 0. The highest BCUT2D eigenvalue weighted by Crippen LogP contribution is 2.36. The van der Waals surface area contributed by atoms with Gasteiger partial charge in [0.1, 0.15) is 5.75 Å². The molecule has 25 heavy (non-hydrogen) atoms. The van der Waals surface area contributed by atoms with E-state index in [0.717, 1.165) is 24.3 Å². The molecule has 0 saturated heterocycles. The zero-order valence-corrected chi connectivity index (χ0v) is 16.2. The maximum absolute atomic E-state index is 10.8. The maximum Gasteiger partial charge on any atom is 0.469 e. The van der Waals surface area contributed by atoms with E-state index in [2.05, 4.69) is 11.4 Å². The minimum atomic E-state index is -4.48. The molecule has 0 radical (unpaired) electrons. The van der Waals surface area contributed by atoms with Crippen molar-refractivity contribution in [3.8, 4) is 5.75 Å². The smallest absolute Gasteiger partial charge is 0.469 e. The second kappa shape index (κ2) is 10.9. The molecule has 0 aromatic heterocycles. The molecule has 7 heteroatoms. The molecule has 0 fully saturated rings. The van der Waals surface area contributed by atoms with E-state index in [1.807, 2.05) is 24.3 Å². The Kier molecular flexibility index (Phi) is 9.69. The molecule has 0 spiro atoms. The first-order chi connectivity index (χ1) is 11.7. The van der Waals surface area contributed by atoms with Crippen LogP contribution in [0.1, 0.15) is 57.9 Å². The Morgan fingerprint density at radius 1 is 1.12 bits per heavy atom. The van der Waals surface area contributed by atoms with E-state index in [4.69, 9.17) is 20.3 Å². The van der Waals surface area contributed by atoms with E-state index in [0.29, 0.717) is 12.8 Å². The van der Waals surface area contributed by atoms with Crippen LogP contribution in [0, 0.1) is 0 Å². The summed E-state index contributed by atoms with van der Waals surface area (Å²) in [4.78, 5) is 17.5. The molecule has 1 aromatic carbocycles. The first kappa shape index (κ1) is 22.1. The average Bonchev–Trinajstić information content (AvgIpc) is 2.55. The number of phosphoric ester groups is 1. The molecule has 1 rings (SSSR count). The van der Waals surface area contributed by atoms with Crippen LogP contribution in [-0.4, -0.2) is 28.5 Å². The fourth-order valence-corrected chi connectivity index (χ4v) is 2.84. The van der Waals surface area contributed by atoms with Crippen LogP contribution in [0.3, 0.4) is 0 Å². The van der Waals surface area contributed by atoms with E-state index in [9.17, 15) is 4.57 Å². The summed E-state index contributed by atoms with van der Waals surface area (Å²) in [7, 11) is -4.48. The number of hydrogen-bond donors (Lipinski definition) is 3. The first-order valence-electron chi connectivity index (χ1n) is 8.92. The lowest BCUT2D eigenvalue weighted by Gasteiger charge is -2.24. The molecular formula is C18H32NO5P. The largest absolute Gasteiger partial charge is 0.494 e. The molecule has 4 N–H and O–H groups in total. The molecule has 0 aliphatic carbocycles. The summed E-state index contributed by atoms with van der Waals surface area (Å²) in [5, 5.41) is 0. The zero-order valence-electron chi connectivity index (χ0n) is 15.3.